The number of likely N-dealkylation sites (N-methyl/N-ethyl adjacent to an activating group) is 1. The van der Waals surface area contributed by atoms with Crippen LogP contribution in [0.15, 0.2) is 0 Å². The van der Waals surface area contributed by atoms with Crippen molar-refractivity contribution in [1.82, 2.24) is 15.1 Å². The minimum atomic E-state index is -0.102. The summed E-state index contributed by atoms with van der Waals surface area (Å²) in [6.07, 6.45) is 0. The maximum absolute atomic E-state index is 11.2. The fraction of sp³-hybridized carbons (Fsp3) is 0.750. The summed E-state index contributed by atoms with van der Waals surface area (Å²) in [4.78, 5) is 25.5. The highest BCUT2D eigenvalue weighted by molar-refractivity contribution is 5.79. The van der Waals surface area contributed by atoms with Gasteiger partial charge in [0.15, 0.2) is 0 Å². The molecule has 0 bridgehead atoms. The van der Waals surface area contributed by atoms with Crippen molar-refractivity contribution >= 4 is 11.9 Å². The average Bonchev–Trinajstić information content (AvgIpc) is 2.13. The predicted molar refractivity (Wildman–Crippen MR) is 51.6 cm³/mol. The summed E-state index contributed by atoms with van der Waals surface area (Å²) in [7, 11) is 3.30. The van der Waals surface area contributed by atoms with Gasteiger partial charge in [0, 0.05) is 27.2 Å². The van der Waals surface area contributed by atoms with Crippen LogP contribution in [0.1, 0.15) is 0 Å². The molecule has 0 aromatic heterocycles. The van der Waals surface area contributed by atoms with Crippen LogP contribution in [-0.2, 0) is 4.79 Å². The molecule has 0 aromatic carbocycles. The van der Waals surface area contributed by atoms with E-state index in [1.54, 1.807) is 23.9 Å². The number of urea groups is 1. The first-order valence-corrected chi connectivity index (χ1v) is 4.52. The summed E-state index contributed by atoms with van der Waals surface area (Å²) >= 11 is 0. The zero-order valence-electron chi connectivity index (χ0n) is 8.49. The van der Waals surface area contributed by atoms with Crippen LogP contribution in [-0.4, -0.2) is 61.5 Å². The zero-order valence-corrected chi connectivity index (χ0v) is 8.49. The zero-order chi connectivity index (χ0) is 10.7. The lowest BCUT2D eigenvalue weighted by Gasteiger charge is -2.43. The van der Waals surface area contributed by atoms with Gasteiger partial charge < -0.3 is 20.9 Å². The summed E-state index contributed by atoms with van der Waals surface area (Å²) in [5, 5.41) is 2.53. The Balaban J connectivity index is 2.34. The van der Waals surface area contributed by atoms with Crippen LogP contribution >= 0.6 is 0 Å². The van der Waals surface area contributed by atoms with E-state index in [2.05, 4.69) is 5.32 Å². The summed E-state index contributed by atoms with van der Waals surface area (Å²) in [6.45, 7) is 1.19. The molecule has 0 unspecified atom stereocenters. The van der Waals surface area contributed by atoms with Crippen molar-refractivity contribution in [3.05, 3.63) is 0 Å². The molecule has 80 valence electrons. The molecule has 1 aliphatic heterocycles. The molecule has 0 radical (unpaired) electrons. The number of nitrogens with zero attached hydrogens (tertiary/aromatic N) is 2. The van der Waals surface area contributed by atoms with E-state index >= 15 is 0 Å². The van der Waals surface area contributed by atoms with Crippen molar-refractivity contribution in [2.75, 3.05) is 33.7 Å². The van der Waals surface area contributed by atoms with Gasteiger partial charge in [-0.05, 0) is 0 Å². The largest absolute Gasteiger partial charge is 0.341 e. The van der Waals surface area contributed by atoms with Crippen molar-refractivity contribution in [3.63, 3.8) is 0 Å². The van der Waals surface area contributed by atoms with Crippen molar-refractivity contribution in [2.24, 2.45) is 5.73 Å². The highest BCUT2D eigenvalue weighted by atomic mass is 16.2. The van der Waals surface area contributed by atoms with Crippen molar-refractivity contribution < 1.29 is 9.59 Å². The van der Waals surface area contributed by atoms with Crippen LogP contribution in [0.4, 0.5) is 4.79 Å². The van der Waals surface area contributed by atoms with Gasteiger partial charge >= 0.3 is 6.03 Å². The molecule has 0 atom stereocenters. The van der Waals surface area contributed by atoms with E-state index in [1.165, 1.54) is 0 Å². The summed E-state index contributed by atoms with van der Waals surface area (Å²) in [5.74, 6) is -0.0912. The Kier molecular flexibility index (Phi) is 3.29. The molecule has 1 rings (SSSR count). The second-order valence-corrected chi connectivity index (χ2v) is 3.32. The van der Waals surface area contributed by atoms with Crippen LogP contribution < -0.4 is 11.1 Å². The number of rotatable bonds is 2. The minimum Gasteiger partial charge on any atom is -0.341 e. The molecule has 3 N–H and O–H groups in total. The topological polar surface area (TPSA) is 78.7 Å². The van der Waals surface area contributed by atoms with Gasteiger partial charge in [-0.15, -0.1) is 0 Å². The second kappa shape index (κ2) is 4.28. The van der Waals surface area contributed by atoms with Crippen LogP contribution in [0.2, 0.25) is 0 Å². The molecule has 6 nitrogen and oxygen atoms in total. The minimum absolute atomic E-state index is 0.0208. The smallest absolute Gasteiger partial charge is 0.317 e. The monoisotopic (exact) mass is 200 g/mol. The third-order valence-corrected chi connectivity index (χ3v) is 2.48. The van der Waals surface area contributed by atoms with Crippen LogP contribution in [0.25, 0.3) is 0 Å². The first-order chi connectivity index (χ1) is 6.60. The van der Waals surface area contributed by atoms with Gasteiger partial charge in [0.25, 0.3) is 0 Å². The lowest BCUT2D eigenvalue weighted by molar-refractivity contribution is -0.132. The van der Waals surface area contributed by atoms with Gasteiger partial charge in [-0.3, -0.25) is 4.79 Å². The molecule has 3 amide bonds. The third kappa shape index (κ3) is 1.95. The Morgan fingerprint density at radius 3 is 2.57 bits per heavy atom. The summed E-state index contributed by atoms with van der Waals surface area (Å²) < 4.78 is 0. The lowest BCUT2D eigenvalue weighted by Crippen LogP contribution is -2.63. The molecule has 0 spiro atoms. The first-order valence-electron chi connectivity index (χ1n) is 4.52. The van der Waals surface area contributed by atoms with E-state index in [4.69, 9.17) is 5.73 Å². The highest BCUT2D eigenvalue weighted by Gasteiger charge is 2.34. The molecular weight excluding hydrogens is 184 g/mol. The fourth-order valence-electron chi connectivity index (χ4n) is 1.37. The quantitative estimate of drug-likeness (QED) is 0.565. The van der Waals surface area contributed by atoms with Gasteiger partial charge in [-0.2, -0.15) is 0 Å². The Hall–Kier alpha value is -1.30. The number of amides is 3. The Labute approximate surface area is 83.0 Å². The number of carbonyl (C=O) groups is 2. The van der Waals surface area contributed by atoms with Gasteiger partial charge in [-0.25, -0.2) is 4.79 Å². The number of hydrogen-bond donors (Lipinski definition) is 2. The van der Waals surface area contributed by atoms with E-state index in [1.807, 2.05) is 0 Å². The number of carbonyl (C=O) groups excluding carboxylic acids is 2. The predicted octanol–water partition coefficient (Wildman–Crippen LogP) is -1.57. The van der Waals surface area contributed by atoms with Crippen LogP contribution in [0.5, 0.6) is 0 Å². The lowest BCUT2D eigenvalue weighted by atomic mass is 10.1. The summed E-state index contributed by atoms with van der Waals surface area (Å²) in [6, 6.07) is 0.0122. The average molecular weight is 200 g/mol. The van der Waals surface area contributed by atoms with Crippen LogP contribution in [0.3, 0.4) is 0 Å². The Bertz CT molecular complexity index is 237. The van der Waals surface area contributed by atoms with Crippen LogP contribution in [0, 0.1) is 0 Å². The maximum Gasteiger partial charge on any atom is 0.317 e. The maximum atomic E-state index is 11.2. The van der Waals surface area contributed by atoms with Gasteiger partial charge in [0.05, 0.1) is 12.6 Å². The molecule has 6 heteroatoms. The van der Waals surface area contributed by atoms with Gasteiger partial charge in [-0.1, -0.05) is 0 Å². The Morgan fingerprint density at radius 1 is 1.57 bits per heavy atom. The second-order valence-electron chi connectivity index (χ2n) is 3.32. The summed E-state index contributed by atoms with van der Waals surface area (Å²) in [5.41, 5.74) is 5.23. The molecule has 1 saturated heterocycles. The number of nitrogens with one attached hydrogen (secondary N) is 1. The van der Waals surface area contributed by atoms with E-state index in [0.717, 1.165) is 0 Å². The third-order valence-electron chi connectivity index (χ3n) is 2.48. The van der Waals surface area contributed by atoms with E-state index in [9.17, 15) is 9.59 Å². The van der Waals surface area contributed by atoms with Gasteiger partial charge in [0.1, 0.15) is 0 Å². The molecule has 0 aromatic rings. The molecular formula is C8H16N4O2. The number of likely N-dealkylation sites (tertiary alicyclic amines) is 1. The van der Waals surface area contributed by atoms with E-state index in [-0.39, 0.29) is 24.5 Å². The standard InChI is InChI=1S/C8H16N4O2/c1-10-8(14)12-4-6(5-12)11(2)7(13)3-9/h6H,3-5,9H2,1-2H3,(H,10,14). The number of hydrogen-bond acceptors (Lipinski definition) is 3. The van der Waals surface area contributed by atoms with E-state index in [0.29, 0.717) is 13.1 Å². The fourth-order valence-corrected chi connectivity index (χ4v) is 1.37. The highest BCUT2D eigenvalue weighted by Crippen LogP contribution is 2.13. The van der Waals surface area contributed by atoms with Crippen molar-refractivity contribution in [1.29, 1.82) is 0 Å². The number of nitrogens with two attached hydrogens (primary N) is 1. The first kappa shape index (κ1) is 10.8. The molecule has 1 aliphatic rings. The SMILES string of the molecule is CNC(=O)N1CC(N(C)C(=O)CN)C1. The molecule has 1 fully saturated rings. The molecule has 14 heavy (non-hydrogen) atoms. The van der Waals surface area contributed by atoms with E-state index < -0.39 is 0 Å². The molecule has 1 heterocycles. The molecule has 0 saturated carbocycles. The van der Waals surface area contributed by atoms with Gasteiger partial charge in [0.2, 0.25) is 5.91 Å². The molecule has 0 aliphatic carbocycles. The normalized spacial score (nSPS) is 16.1. The van der Waals surface area contributed by atoms with Crippen molar-refractivity contribution in [2.45, 2.75) is 6.04 Å². The van der Waals surface area contributed by atoms with Crippen molar-refractivity contribution in [3.8, 4) is 0 Å². The Morgan fingerprint density at radius 2 is 2.14 bits per heavy atom.